The van der Waals surface area contributed by atoms with Gasteiger partial charge in [-0.05, 0) is 24.5 Å². The Bertz CT molecular complexity index is 787. The van der Waals surface area contributed by atoms with Crippen LogP contribution in [0.25, 0.3) is 0 Å². The van der Waals surface area contributed by atoms with Crippen LogP contribution in [0.2, 0.25) is 0 Å². The molecule has 1 N–H and O–H groups in total. The molecule has 1 aliphatic carbocycles. The summed E-state index contributed by atoms with van der Waals surface area (Å²) in [5.74, 6) is -0.410. The second-order valence-electron chi connectivity index (χ2n) is 6.12. The number of pyridine rings is 1. The molecule has 1 aromatic heterocycles. The van der Waals surface area contributed by atoms with Gasteiger partial charge < -0.3 is 15.0 Å². The van der Waals surface area contributed by atoms with Crippen molar-refractivity contribution in [1.82, 2.24) is 9.88 Å². The van der Waals surface area contributed by atoms with Gasteiger partial charge in [0.15, 0.2) is 0 Å². The van der Waals surface area contributed by atoms with Crippen molar-refractivity contribution in [1.29, 1.82) is 0 Å². The van der Waals surface area contributed by atoms with Gasteiger partial charge in [-0.2, -0.15) is 0 Å². The van der Waals surface area contributed by atoms with E-state index in [1.807, 2.05) is 30.3 Å². The lowest BCUT2D eigenvalue weighted by atomic mass is 10.0. The Hall–Kier alpha value is -2.89. The minimum atomic E-state index is -0.410. The Balaban J connectivity index is 1.47. The fourth-order valence-corrected chi connectivity index (χ4v) is 3.19. The molecule has 1 fully saturated rings. The zero-order valence-electron chi connectivity index (χ0n) is 13.1. The van der Waals surface area contributed by atoms with Crippen molar-refractivity contribution in [3.63, 3.8) is 0 Å². The van der Waals surface area contributed by atoms with Crippen molar-refractivity contribution in [2.45, 2.75) is 25.0 Å². The number of benzene rings is 1. The van der Waals surface area contributed by atoms with E-state index in [1.165, 1.54) is 0 Å². The lowest BCUT2D eigenvalue weighted by Crippen LogP contribution is -2.49. The fourth-order valence-electron chi connectivity index (χ4n) is 3.19. The Kier molecular flexibility index (Phi) is 3.45. The minimum Gasteiger partial charge on any atom is -0.459 e. The molecule has 0 unspecified atom stereocenters. The van der Waals surface area contributed by atoms with Crippen LogP contribution in [-0.2, 0) is 21.7 Å². The van der Waals surface area contributed by atoms with E-state index in [-0.39, 0.29) is 19.2 Å². The molecule has 0 radical (unpaired) electrons. The number of anilines is 1. The number of carbonyl (C=O) groups excluding carboxylic acids is 2. The number of urea groups is 1. The largest absolute Gasteiger partial charge is 0.459 e. The van der Waals surface area contributed by atoms with Crippen LogP contribution in [0.5, 0.6) is 0 Å². The fraction of sp³-hybridized carbons (Fsp3) is 0.278. The van der Waals surface area contributed by atoms with Gasteiger partial charge >= 0.3 is 12.0 Å². The van der Waals surface area contributed by atoms with E-state index in [4.69, 9.17) is 4.74 Å². The van der Waals surface area contributed by atoms with Crippen molar-refractivity contribution >= 4 is 17.7 Å². The van der Waals surface area contributed by atoms with Gasteiger partial charge in [0.1, 0.15) is 13.2 Å². The molecule has 2 aromatic rings. The molecule has 6 nitrogen and oxygen atoms in total. The number of fused-ring (bicyclic) bond motifs is 2. The maximum atomic E-state index is 12.4. The minimum absolute atomic E-state index is 0.0625. The van der Waals surface area contributed by atoms with Gasteiger partial charge in [0, 0.05) is 18.0 Å². The molecule has 0 bridgehead atoms. The molecule has 1 spiro atoms. The number of rotatable bonds is 4. The first kappa shape index (κ1) is 14.7. The summed E-state index contributed by atoms with van der Waals surface area (Å²) < 4.78 is 5.31. The summed E-state index contributed by atoms with van der Waals surface area (Å²) in [5.41, 5.74) is 2.27. The lowest BCUT2D eigenvalue weighted by Gasteiger charge is -2.36. The molecular weight excluding hydrogens is 306 g/mol. The summed E-state index contributed by atoms with van der Waals surface area (Å²) in [6.07, 6.45) is 5.10. The van der Waals surface area contributed by atoms with Gasteiger partial charge in [-0.15, -0.1) is 0 Å². The van der Waals surface area contributed by atoms with Crippen LogP contribution in [0.3, 0.4) is 0 Å². The number of esters is 1. The number of hydrogen-bond donors (Lipinski definition) is 1. The van der Waals surface area contributed by atoms with E-state index in [9.17, 15) is 9.59 Å². The number of hydrogen-bond acceptors (Lipinski definition) is 4. The molecule has 24 heavy (non-hydrogen) atoms. The molecular formula is C18H17N3O3. The lowest BCUT2D eigenvalue weighted by molar-refractivity contribution is -0.146. The quantitative estimate of drug-likeness (QED) is 0.878. The SMILES string of the molecule is O=C(CN1C(=O)Nc2ccncc2C12CC2)OCc1ccccc1. The van der Waals surface area contributed by atoms with Gasteiger partial charge in [-0.1, -0.05) is 30.3 Å². The van der Waals surface area contributed by atoms with E-state index >= 15 is 0 Å². The molecule has 0 saturated heterocycles. The average molecular weight is 323 g/mol. The zero-order chi connectivity index (χ0) is 16.6. The van der Waals surface area contributed by atoms with Crippen LogP contribution in [0.1, 0.15) is 24.0 Å². The van der Waals surface area contributed by atoms with Crippen LogP contribution < -0.4 is 5.32 Å². The molecule has 2 amide bonds. The molecule has 6 heteroatoms. The van der Waals surface area contributed by atoms with E-state index < -0.39 is 11.5 Å². The van der Waals surface area contributed by atoms with Crippen molar-refractivity contribution in [2.75, 3.05) is 11.9 Å². The number of carbonyl (C=O) groups is 2. The second kappa shape index (κ2) is 5.63. The molecule has 122 valence electrons. The summed E-state index contributed by atoms with van der Waals surface area (Å²) in [7, 11) is 0. The number of ether oxygens (including phenoxy) is 1. The van der Waals surface area contributed by atoms with Gasteiger partial charge in [0.05, 0.1) is 11.2 Å². The third-order valence-corrected chi connectivity index (χ3v) is 4.58. The Morgan fingerprint density at radius 3 is 2.79 bits per heavy atom. The average Bonchev–Trinajstić information content (AvgIpc) is 3.39. The predicted molar refractivity (Wildman–Crippen MR) is 87.1 cm³/mol. The van der Waals surface area contributed by atoms with E-state index in [0.29, 0.717) is 0 Å². The van der Waals surface area contributed by atoms with Gasteiger partial charge in [0.2, 0.25) is 0 Å². The maximum absolute atomic E-state index is 12.4. The van der Waals surface area contributed by atoms with E-state index in [1.54, 1.807) is 23.4 Å². The highest BCUT2D eigenvalue weighted by Crippen LogP contribution is 2.55. The van der Waals surface area contributed by atoms with Crippen LogP contribution in [0.15, 0.2) is 48.8 Å². The number of nitrogens with zero attached hydrogens (tertiary/aromatic N) is 2. The number of nitrogens with one attached hydrogen (secondary N) is 1. The third-order valence-electron chi connectivity index (χ3n) is 4.58. The normalized spacial score (nSPS) is 17.2. The molecule has 2 heterocycles. The van der Waals surface area contributed by atoms with Crippen molar-refractivity contribution < 1.29 is 14.3 Å². The van der Waals surface area contributed by atoms with Gasteiger partial charge in [-0.25, -0.2) is 4.79 Å². The van der Waals surface area contributed by atoms with Crippen LogP contribution in [0, 0.1) is 0 Å². The molecule has 4 rings (SSSR count). The van der Waals surface area contributed by atoms with E-state index in [2.05, 4.69) is 10.3 Å². The van der Waals surface area contributed by atoms with E-state index in [0.717, 1.165) is 29.7 Å². The summed E-state index contributed by atoms with van der Waals surface area (Å²) in [4.78, 5) is 30.3. The predicted octanol–water partition coefficient (Wildman–Crippen LogP) is 2.66. The monoisotopic (exact) mass is 323 g/mol. The molecule has 0 atom stereocenters. The van der Waals surface area contributed by atoms with Gasteiger partial charge in [0.25, 0.3) is 0 Å². The van der Waals surface area contributed by atoms with Crippen molar-refractivity contribution in [3.8, 4) is 0 Å². The zero-order valence-corrected chi connectivity index (χ0v) is 13.1. The van der Waals surface area contributed by atoms with Crippen LogP contribution in [-0.4, -0.2) is 28.4 Å². The third kappa shape index (κ3) is 2.50. The first-order valence-corrected chi connectivity index (χ1v) is 7.92. The number of amides is 2. The standard InChI is InChI=1S/C18H17N3O3/c22-16(24-12-13-4-2-1-3-5-13)11-21-17(23)20-15-6-9-19-10-14(15)18(21)7-8-18/h1-6,9-10H,7-8,11-12H2,(H,20,23). The summed E-state index contributed by atoms with van der Waals surface area (Å²) in [6, 6.07) is 11.0. The van der Waals surface area contributed by atoms with Crippen LogP contribution >= 0.6 is 0 Å². The first-order chi connectivity index (χ1) is 11.7. The number of aromatic nitrogens is 1. The van der Waals surface area contributed by atoms with Crippen LogP contribution in [0.4, 0.5) is 10.5 Å². The molecule has 1 aliphatic heterocycles. The second-order valence-corrected chi connectivity index (χ2v) is 6.12. The highest BCUT2D eigenvalue weighted by atomic mass is 16.5. The Morgan fingerprint density at radius 2 is 2.04 bits per heavy atom. The maximum Gasteiger partial charge on any atom is 0.326 e. The summed E-state index contributed by atoms with van der Waals surface area (Å²) in [6.45, 7) is 0.146. The van der Waals surface area contributed by atoms with Crippen molar-refractivity contribution in [3.05, 3.63) is 59.9 Å². The molecule has 1 aromatic carbocycles. The molecule has 2 aliphatic rings. The smallest absolute Gasteiger partial charge is 0.326 e. The molecule has 1 saturated carbocycles. The van der Waals surface area contributed by atoms with Gasteiger partial charge in [-0.3, -0.25) is 9.78 Å². The van der Waals surface area contributed by atoms with Crippen molar-refractivity contribution in [2.24, 2.45) is 0 Å². The summed E-state index contributed by atoms with van der Waals surface area (Å²) in [5, 5.41) is 2.82. The highest BCUT2D eigenvalue weighted by molar-refractivity contribution is 5.96. The Morgan fingerprint density at radius 1 is 1.25 bits per heavy atom. The topological polar surface area (TPSA) is 71.5 Å². The first-order valence-electron chi connectivity index (χ1n) is 7.92. The summed E-state index contributed by atoms with van der Waals surface area (Å²) >= 11 is 0. The highest BCUT2D eigenvalue weighted by Gasteiger charge is 2.56. The Labute approximate surface area is 139 Å².